The molecule has 0 aliphatic heterocycles. The van der Waals surface area contributed by atoms with Crippen molar-refractivity contribution in [3.05, 3.63) is 51.7 Å². The molecule has 0 saturated carbocycles. The normalized spacial score (nSPS) is 10.6. The molecule has 0 aliphatic rings. The van der Waals surface area contributed by atoms with Crippen LogP contribution in [0.4, 0.5) is 0 Å². The van der Waals surface area contributed by atoms with Crippen LogP contribution in [0, 0.1) is 0 Å². The molecule has 0 spiro atoms. The van der Waals surface area contributed by atoms with E-state index in [0.29, 0.717) is 0 Å². The minimum atomic E-state index is 0.892. The minimum Gasteiger partial charge on any atom is -0.497 e. The topological polar surface area (TPSA) is 21.3 Å². The van der Waals surface area contributed by atoms with Gasteiger partial charge >= 0.3 is 0 Å². The van der Waals surface area contributed by atoms with Crippen molar-refractivity contribution in [1.29, 1.82) is 0 Å². The molecule has 1 aromatic carbocycles. The van der Waals surface area contributed by atoms with Crippen molar-refractivity contribution < 1.29 is 4.74 Å². The first-order valence-electron chi connectivity index (χ1n) is 6.23. The number of rotatable bonds is 6. The maximum Gasteiger partial charge on any atom is 0.118 e. The summed E-state index contributed by atoms with van der Waals surface area (Å²) in [7, 11) is 1.69. The van der Waals surface area contributed by atoms with Gasteiger partial charge in [0, 0.05) is 22.8 Å². The molecule has 0 bridgehead atoms. The first-order chi connectivity index (χ1) is 8.81. The van der Waals surface area contributed by atoms with Crippen LogP contribution in [0.3, 0.4) is 0 Å². The third kappa shape index (κ3) is 3.59. The predicted molar refractivity (Wildman–Crippen MR) is 77.2 cm³/mol. The van der Waals surface area contributed by atoms with Gasteiger partial charge in [0.15, 0.2) is 0 Å². The Bertz CT molecular complexity index is 475. The molecule has 0 saturated heterocycles. The molecule has 1 aromatic heterocycles. The lowest BCUT2D eigenvalue weighted by Gasteiger charge is -2.04. The zero-order valence-corrected chi connectivity index (χ0v) is 11.7. The van der Waals surface area contributed by atoms with Crippen LogP contribution in [0.1, 0.15) is 22.2 Å². The first-order valence-corrected chi connectivity index (χ1v) is 7.04. The number of nitrogens with one attached hydrogen (secondary N) is 1. The maximum atomic E-state index is 5.14. The van der Waals surface area contributed by atoms with Crippen LogP contribution in [0.15, 0.2) is 36.4 Å². The zero-order valence-electron chi connectivity index (χ0n) is 10.9. The Morgan fingerprint density at radius 3 is 2.33 bits per heavy atom. The highest BCUT2D eigenvalue weighted by molar-refractivity contribution is 7.11. The highest BCUT2D eigenvalue weighted by atomic mass is 32.1. The summed E-state index contributed by atoms with van der Waals surface area (Å²) in [5, 5.41) is 3.46. The number of hydrogen-bond donors (Lipinski definition) is 1. The number of benzene rings is 1. The lowest BCUT2D eigenvalue weighted by Crippen LogP contribution is -2.11. The van der Waals surface area contributed by atoms with E-state index >= 15 is 0 Å². The van der Waals surface area contributed by atoms with Gasteiger partial charge in [0.25, 0.3) is 0 Å². The van der Waals surface area contributed by atoms with Gasteiger partial charge in [-0.3, -0.25) is 0 Å². The minimum absolute atomic E-state index is 0.892. The van der Waals surface area contributed by atoms with E-state index in [1.54, 1.807) is 7.11 Å². The molecule has 0 aliphatic carbocycles. The molecule has 1 heterocycles. The van der Waals surface area contributed by atoms with E-state index in [-0.39, 0.29) is 0 Å². The predicted octanol–water partition coefficient (Wildman–Crippen LogP) is 3.61. The molecule has 0 amide bonds. The number of hydrogen-bond acceptors (Lipinski definition) is 3. The molecule has 0 fully saturated rings. The summed E-state index contributed by atoms with van der Waals surface area (Å²) in [5.41, 5.74) is 1.28. The SMILES string of the molecule is CCc1ccc(CNCc2ccc(OC)cc2)s1. The lowest BCUT2D eigenvalue weighted by molar-refractivity contribution is 0.414. The molecule has 3 heteroatoms. The van der Waals surface area contributed by atoms with E-state index in [1.807, 2.05) is 23.5 Å². The fourth-order valence-electron chi connectivity index (χ4n) is 1.78. The lowest BCUT2D eigenvalue weighted by atomic mass is 10.2. The molecular weight excluding hydrogens is 242 g/mol. The van der Waals surface area contributed by atoms with Gasteiger partial charge in [-0.15, -0.1) is 11.3 Å². The van der Waals surface area contributed by atoms with E-state index in [0.717, 1.165) is 25.3 Å². The fraction of sp³-hybridized carbons (Fsp3) is 0.333. The standard InChI is InChI=1S/C15H19NOS/c1-3-14-8-9-15(18-14)11-16-10-12-4-6-13(17-2)7-5-12/h4-9,16H,3,10-11H2,1-2H3. The van der Waals surface area contributed by atoms with Crippen molar-refractivity contribution in [2.45, 2.75) is 26.4 Å². The van der Waals surface area contributed by atoms with Gasteiger partial charge in [-0.25, -0.2) is 0 Å². The highest BCUT2D eigenvalue weighted by Crippen LogP contribution is 2.17. The summed E-state index contributed by atoms with van der Waals surface area (Å²) in [6.07, 6.45) is 1.13. The Balaban J connectivity index is 1.80. The largest absolute Gasteiger partial charge is 0.497 e. The van der Waals surface area contributed by atoms with Gasteiger partial charge in [0.1, 0.15) is 5.75 Å². The maximum absolute atomic E-state index is 5.14. The molecule has 18 heavy (non-hydrogen) atoms. The first kappa shape index (κ1) is 13.1. The molecule has 0 unspecified atom stereocenters. The number of ether oxygens (including phenoxy) is 1. The summed E-state index contributed by atoms with van der Waals surface area (Å²) in [4.78, 5) is 2.86. The van der Waals surface area contributed by atoms with E-state index in [1.165, 1.54) is 15.3 Å². The van der Waals surface area contributed by atoms with Crippen molar-refractivity contribution >= 4 is 11.3 Å². The van der Waals surface area contributed by atoms with Crippen LogP contribution in [0.25, 0.3) is 0 Å². The molecule has 2 rings (SSSR count). The zero-order chi connectivity index (χ0) is 12.8. The Morgan fingerprint density at radius 2 is 1.72 bits per heavy atom. The smallest absolute Gasteiger partial charge is 0.118 e. The Hall–Kier alpha value is -1.32. The molecule has 2 nitrogen and oxygen atoms in total. The quantitative estimate of drug-likeness (QED) is 0.857. The van der Waals surface area contributed by atoms with Gasteiger partial charge in [-0.1, -0.05) is 19.1 Å². The summed E-state index contributed by atoms with van der Waals surface area (Å²) < 4.78 is 5.14. The van der Waals surface area contributed by atoms with Crippen LogP contribution >= 0.6 is 11.3 Å². The van der Waals surface area contributed by atoms with Crippen molar-refractivity contribution in [2.24, 2.45) is 0 Å². The number of aryl methyl sites for hydroxylation is 1. The Kier molecular flexibility index (Phi) is 4.79. The van der Waals surface area contributed by atoms with Crippen molar-refractivity contribution in [3.8, 4) is 5.75 Å². The molecule has 96 valence electrons. The molecule has 0 atom stereocenters. The van der Waals surface area contributed by atoms with Crippen LogP contribution in [0.5, 0.6) is 5.75 Å². The van der Waals surface area contributed by atoms with Crippen LogP contribution in [0.2, 0.25) is 0 Å². The van der Waals surface area contributed by atoms with Crippen LogP contribution < -0.4 is 10.1 Å². The van der Waals surface area contributed by atoms with Gasteiger partial charge in [-0.05, 0) is 36.2 Å². The second-order valence-electron chi connectivity index (χ2n) is 4.17. The number of thiophene rings is 1. The van der Waals surface area contributed by atoms with Gasteiger partial charge in [-0.2, -0.15) is 0 Å². The third-order valence-corrected chi connectivity index (χ3v) is 4.08. The van der Waals surface area contributed by atoms with Gasteiger partial charge < -0.3 is 10.1 Å². The summed E-state index contributed by atoms with van der Waals surface area (Å²) in [6, 6.07) is 12.6. The van der Waals surface area contributed by atoms with Crippen molar-refractivity contribution in [1.82, 2.24) is 5.32 Å². The van der Waals surface area contributed by atoms with E-state index in [4.69, 9.17) is 4.74 Å². The van der Waals surface area contributed by atoms with Crippen molar-refractivity contribution in [2.75, 3.05) is 7.11 Å². The van der Waals surface area contributed by atoms with Gasteiger partial charge in [0.2, 0.25) is 0 Å². The monoisotopic (exact) mass is 261 g/mol. The van der Waals surface area contributed by atoms with E-state index in [2.05, 4.69) is 36.5 Å². The van der Waals surface area contributed by atoms with Crippen molar-refractivity contribution in [3.63, 3.8) is 0 Å². The third-order valence-electron chi connectivity index (χ3n) is 2.85. The highest BCUT2D eigenvalue weighted by Gasteiger charge is 1.99. The Morgan fingerprint density at radius 1 is 1.00 bits per heavy atom. The van der Waals surface area contributed by atoms with E-state index < -0.39 is 0 Å². The summed E-state index contributed by atoms with van der Waals surface area (Å²) in [5.74, 6) is 0.907. The average molecular weight is 261 g/mol. The number of methoxy groups -OCH3 is 1. The summed E-state index contributed by atoms with van der Waals surface area (Å²) in [6.45, 7) is 4.03. The second kappa shape index (κ2) is 6.57. The average Bonchev–Trinajstić information content (AvgIpc) is 2.87. The van der Waals surface area contributed by atoms with E-state index in [9.17, 15) is 0 Å². The Labute approximate surface area is 113 Å². The molecular formula is C15H19NOS. The van der Waals surface area contributed by atoms with Gasteiger partial charge in [0.05, 0.1) is 7.11 Å². The fourth-order valence-corrected chi connectivity index (χ4v) is 2.71. The second-order valence-corrected chi connectivity index (χ2v) is 5.43. The molecule has 1 N–H and O–H groups in total. The molecule has 0 radical (unpaired) electrons. The van der Waals surface area contributed by atoms with Crippen LogP contribution in [-0.2, 0) is 19.5 Å². The molecule has 2 aromatic rings. The van der Waals surface area contributed by atoms with Crippen LogP contribution in [-0.4, -0.2) is 7.11 Å². The summed E-state index contributed by atoms with van der Waals surface area (Å²) >= 11 is 1.89.